The maximum Gasteiger partial charge on any atom is 0.127 e. The molecule has 2 unspecified atom stereocenters. The van der Waals surface area contributed by atoms with Gasteiger partial charge in [-0.2, -0.15) is 0 Å². The van der Waals surface area contributed by atoms with E-state index in [-0.39, 0.29) is 12.1 Å². The molecule has 0 spiro atoms. The van der Waals surface area contributed by atoms with E-state index in [4.69, 9.17) is 19.9 Å². The molecule has 0 aromatic heterocycles. The largest absolute Gasteiger partial charge is 0.497 e. The first-order valence-corrected chi connectivity index (χ1v) is 6.34. The van der Waals surface area contributed by atoms with Gasteiger partial charge in [-0.15, -0.1) is 0 Å². The van der Waals surface area contributed by atoms with Crippen LogP contribution in [-0.2, 0) is 4.74 Å². The lowest BCUT2D eigenvalue weighted by Crippen LogP contribution is -2.34. The summed E-state index contributed by atoms with van der Waals surface area (Å²) < 4.78 is 15.8. The van der Waals surface area contributed by atoms with Gasteiger partial charge in [-0.3, -0.25) is 0 Å². The molecule has 1 aromatic carbocycles. The summed E-state index contributed by atoms with van der Waals surface area (Å²) in [5.74, 6) is 1.54. The van der Waals surface area contributed by atoms with Gasteiger partial charge in [0.1, 0.15) is 11.5 Å². The van der Waals surface area contributed by atoms with Crippen LogP contribution in [0, 0.1) is 0 Å². The summed E-state index contributed by atoms with van der Waals surface area (Å²) in [6.07, 6.45) is 0.137. The minimum atomic E-state index is 0.0263. The van der Waals surface area contributed by atoms with Gasteiger partial charge in [-0.05, 0) is 13.0 Å². The Bertz CT molecular complexity index is 385. The van der Waals surface area contributed by atoms with E-state index in [9.17, 15) is 0 Å². The second-order valence-electron chi connectivity index (χ2n) is 4.35. The number of benzene rings is 1. The van der Waals surface area contributed by atoms with Crippen molar-refractivity contribution in [2.75, 3.05) is 34.4 Å². The molecule has 1 aromatic rings. The number of methoxy groups -OCH3 is 3. The molecule has 0 aliphatic rings. The van der Waals surface area contributed by atoms with E-state index in [2.05, 4.69) is 5.32 Å². The molecule has 0 saturated heterocycles. The lowest BCUT2D eigenvalue weighted by atomic mass is 10.1. The molecule has 0 amide bonds. The molecule has 0 aliphatic carbocycles. The standard InChI is InChI=1S/C14H24N2O3/c1-10(17-2)9-16-13(8-15)12-6-5-11(18-3)7-14(12)19-4/h5-7,10,13,16H,8-9,15H2,1-4H3. The Hall–Kier alpha value is -1.30. The van der Waals surface area contributed by atoms with Crippen molar-refractivity contribution in [3.05, 3.63) is 23.8 Å². The van der Waals surface area contributed by atoms with E-state index >= 15 is 0 Å². The fourth-order valence-corrected chi connectivity index (χ4v) is 1.82. The van der Waals surface area contributed by atoms with E-state index < -0.39 is 0 Å². The molecule has 108 valence electrons. The quantitative estimate of drug-likeness (QED) is 0.744. The summed E-state index contributed by atoms with van der Waals surface area (Å²) in [6, 6.07) is 5.76. The van der Waals surface area contributed by atoms with Gasteiger partial charge >= 0.3 is 0 Å². The van der Waals surface area contributed by atoms with Crippen LogP contribution in [0.5, 0.6) is 11.5 Å². The topological polar surface area (TPSA) is 65.7 Å². The molecular weight excluding hydrogens is 244 g/mol. The highest BCUT2D eigenvalue weighted by molar-refractivity contribution is 5.42. The number of hydrogen-bond donors (Lipinski definition) is 2. The van der Waals surface area contributed by atoms with Crippen molar-refractivity contribution >= 4 is 0 Å². The Kier molecular flexibility index (Phi) is 6.62. The lowest BCUT2D eigenvalue weighted by molar-refractivity contribution is 0.114. The Morgan fingerprint density at radius 1 is 1.21 bits per heavy atom. The Morgan fingerprint density at radius 2 is 1.95 bits per heavy atom. The summed E-state index contributed by atoms with van der Waals surface area (Å²) >= 11 is 0. The van der Waals surface area contributed by atoms with Gasteiger partial charge in [0.05, 0.1) is 20.3 Å². The fourth-order valence-electron chi connectivity index (χ4n) is 1.82. The van der Waals surface area contributed by atoms with Gasteiger partial charge in [-0.25, -0.2) is 0 Å². The van der Waals surface area contributed by atoms with E-state index in [1.165, 1.54) is 0 Å². The molecule has 0 radical (unpaired) electrons. The minimum absolute atomic E-state index is 0.0263. The van der Waals surface area contributed by atoms with Crippen molar-refractivity contribution in [1.82, 2.24) is 5.32 Å². The van der Waals surface area contributed by atoms with Crippen molar-refractivity contribution < 1.29 is 14.2 Å². The molecule has 3 N–H and O–H groups in total. The normalized spacial score (nSPS) is 13.9. The summed E-state index contributed by atoms with van der Waals surface area (Å²) in [7, 11) is 4.97. The second kappa shape index (κ2) is 7.99. The molecule has 5 heteroatoms. The van der Waals surface area contributed by atoms with Gasteiger partial charge in [0, 0.05) is 37.9 Å². The van der Waals surface area contributed by atoms with Crippen LogP contribution in [0.1, 0.15) is 18.5 Å². The number of nitrogens with two attached hydrogens (primary N) is 1. The summed E-state index contributed by atoms with van der Waals surface area (Å²) in [5, 5.41) is 3.38. The van der Waals surface area contributed by atoms with Crippen LogP contribution in [0.4, 0.5) is 0 Å². The highest BCUT2D eigenvalue weighted by atomic mass is 16.5. The first-order chi connectivity index (χ1) is 9.15. The van der Waals surface area contributed by atoms with Crippen molar-refractivity contribution in [2.24, 2.45) is 5.73 Å². The smallest absolute Gasteiger partial charge is 0.127 e. The van der Waals surface area contributed by atoms with Gasteiger partial charge in [0.15, 0.2) is 0 Å². The van der Waals surface area contributed by atoms with Crippen molar-refractivity contribution in [3.63, 3.8) is 0 Å². The van der Waals surface area contributed by atoms with Crippen LogP contribution >= 0.6 is 0 Å². The van der Waals surface area contributed by atoms with Crippen LogP contribution < -0.4 is 20.5 Å². The average Bonchev–Trinajstić information content (AvgIpc) is 2.47. The maximum absolute atomic E-state index is 5.84. The van der Waals surface area contributed by atoms with Gasteiger partial charge in [-0.1, -0.05) is 6.07 Å². The fraction of sp³-hybridized carbons (Fsp3) is 0.571. The van der Waals surface area contributed by atoms with Gasteiger partial charge in [0.25, 0.3) is 0 Å². The predicted octanol–water partition coefficient (Wildman–Crippen LogP) is 1.33. The third-order valence-corrected chi connectivity index (χ3v) is 3.11. The number of nitrogens with one attached hydrogen (secondary N) is 1. The third kappa shape index (κ3) is 4.38. The van der Waals surface area contributed by atoms with Crippen LogP contribution in [0.2, 0.25) is 0 Å². The maximum atomic E-state index is 5.84. The molecule has 5 nitrogen and oxygen atoms in total. The predicted molar refractivity (Wildman–Crippen MR) is 75.8 cm³/mol. The monoisotopic (exact) mass is 268 g/mol. The first-order valence-electron chi connectivity index (χ1n) is 6.34. The van der Waals surface area contributed by atoms with E-state index in [0.717, 1.165) is 23.6 Å². The zero-order valence-electron chi connectivity index (χ0n) is 12.1. The number of hydrogen-bond acceptors (Lipinski definition) is 5. The molecule has 0 aliphatic heterocycles. The molecular formula is C14H24N2O3. The molecule has 2 atom stereocenters. The molecule has 19 heavy (non-hydrogen) atoms. The average molecular weight is 268 g/mol. The number of rotatable bonds is 8. The van der Waals surface area contributed by atoms with Crippen LogP contribution in [-0.4, -0.2) is 40.5 Å². The van der Waals surface area contributed by atoms with Gasteiger partial charge in [0.2, 0.25) is 0 Å². The highest BCUT2D eigenvalue weighted by Crippen LogP contribution is 2.29. The summed E-state index contributed by atoms with van der Waals surface area (Å²) in [6.45, 7) is 3.22. The summed E-state index contributed by atoms with van der Waals surface area (Å²) in [4.78, 5) is 0. The number of ether oxygens (including phenoxy) is 3. The zero-order chi connectivity index (χ0) is 14.3. The SMILES string of the molecule is COc1ccc(C(CN)NCC(C)OC)c(OC)c1. The van der Waals surface area contributed by atoms with Crippen molar-refractivity contribution in [3.8, 4) is 11.5 Å². The molecule has 1 rings (SSSR count). The Morgan fingerprint density at radius 3 is 2.47 bits per heavy atom. The van der Waals surface area contributed by atoms with Crippen LogP contribution in [0.3, 0.4) is 0 Å². The minimum Gasteiger partial charge on any atom is -0.497 e. The molecule has 0 saturated carbocycles. The Labute approximate surface area is 115 Å². The zero-order valence-corrected chi connectivity index (χ0v) is 12.1. The second-order valence-corrected chi connectivity index (χ2v) is 4.35. The Balaban J connectivity index is 2.85. The third-order valence-electron chi connectivity index (χ3n) is 3.11. The van der Waals surface area contributed by atoms with Crippen molar-refractivity contribution in [2.45, 2.75) is 19.1 Å². The first kappa shape index (κ1) is 15.8. The molecule has 0 bridgehead atoms. The van der Waals surface area contributed by atoms with Crippen LogP contribution in [0.15, 0.2) is 18.2 Å². The van der Waals surface area contributed by atoms with Gasteiger partial charge < -0.3 is 25.3 Å². The molecule has 0 heterocycles. The van der Waals surface area contributed by atoms with E-state index in [1.807, 2.05) is 25.1 Å². The highest BCUT2D eigenvalue weighted by Gasteiger charge is 2.16. The lowest BCUT2D eigenvalue weighted by Gasteiger charge is -2.22. The molecule has 0 fully saturated rings. The van der Waals surface area contributed by atoms with E-state index in [0.29, 0.717) is 6.54 Å². The summed E-state index contributed by atoms with van der Waals surface area (Å²) in [5.41, 5.74) is 6.86. The van der Waals surface area contributed by atoms with Crippen LogP contribution in [0.25, 0.3) is 0 Å². The van der Waals surface area contributed by atoms with Crippen molar-refractivity contribution in [1.29, 1.82) is 0 Å². The van der Waals surface area contributed by atoms with E-state index in [1.54, 1.807) is 21.3 Å².